The lowest BCUT2D eigenvalue weighted by molar-refractivity contribution is -0.126. The van der Waals surface area contributed by atoms with E-state index in [9.17, 15) is 4.79 Å². The first-order chi connectivity index (χ1) is 14.3. The Hall–Kier alpha value is -2.18. The van der Waals surface area contributed by atoms with E-state index in [0.717, 1.165) is 56.8 Å². The molecule has 6 heteroatoms. The molecule has 3 aromatic heterocycles. The molecule has 0 saturated carbocycles. The molecule has 29 heavy (non-hydrogen) atoms. The Bertz CT molecular complexity index is 926. The van der Waals surface area contributed by atoms with Crippen LogP contribution in [0, 0.1) is 5.92 Å². The molecule has 0 aliphatic carbocycles. The fraction of sp³-hybridized carbons (Fsp3) is 0.478. The Labute approximate surface area is 176 Å². The Morgan fingerprint density at radius 1 is 1.21 bits per heavy atom. The van der Waals surface area contributed by atoms with Crippen LogP contribution in [0.5, 0.6) is 0 Å². The molecule has 1 aliphatic rings. The first-order valence-corrected chi connectivity index (χ1v) is 11.6. The molecule has 3 aromatic rings. The van der Waals surface area contributed by atoms with Gasteiger partial charge >= 0.3 is 0 Å². The lowest BCUT2D eigenvalue weighted by atomic mass is 9.95. The fourth-order valence-corrected chi connectivity index (χ4v) is 4.84. The molecule has 0 bridgehead atoms. The zero-order chi connectivity index (χ0) is 20.1. The fourth-order valence-electron chi connectivity index (χ4n) is 4.10. The largest absolute Gasteiger partial charge is 0.356 e. The van der Waals surface area contributed by atoms with Gasteiger partial charge in [-0.05, 0) is 55.9 Å². The number of piperidine rings is 1. The normalized spacial score (nSPS) is 15.8. The number of unbranched alkanes of at least 4 members (excludes halogenated alkanes) is 2. The number of nitrogens with zero attached hydrogens (tertiary/aromatic N) is 3. The van der Waals surface area contributed by atoms with Gasteiger partial charge in [0.25, 0.3) is 0 Å². The number of likely N-dealkylation sites (tertiary alicyclic amines) is 1. The predicted octanol–water partition coefficient (Wildman–Crippen LogP) is 4.58. The van der Waals surface area contributed by atoms with E-state index in [1.165, 1.54) is 23.4 Å². The monoisotopic (exact) mass is 410 g/mol. The molecule has 5 nitrogen and oxygen atoms in total. The molecule has 0 radical (unpaired) electrons. The average molecular weight is 411 g/mol. The number of amides is 1. The Balaban J connectivity index is 1.40. The van der Waals surface area contributed by atoms with Crippen LogP contribution in [-0.2, 0) is 11.3 Å². The molecule has 4 rings (SSSR count). The summed E-state index contributed by atoms with van der Waals surface area (Å²) in [6.07, 6.45) is 7.43. The first-order valence-electron chi connectivity index (χ1n) is 10.8. The first kappa shape index (κ1) is 20.1. The van der Waals surface area contributed by atoms with E-state index in [2.05, 4.69) is 57.4 Å². The molecule has 0 unspecified atom stereocenters. The molecule has 1 fully saturated rings. The number of fused-ring (bicyclic) bond motifs is 1. The number of hydrogen-bond acceptors (Lipinski definition) is 4. The van der Waals surface area contributed by atoms with Crippen molar-refractivity contribution in [3.63, 3.8) is 0 Å². The highest BCUT2D eigenvalue weighted by atomic mass is 32.1. The van der Waals surface area contributed by atoms with Gasteiger partial charge in [-0.15, -0.1) is 11.3 Å². The van der Waals surface area contributed by atoms with Gasteiger partial charge in [0.2, 0.25) is 5.91 Å². The van der Waals surface area contributed by atoms with Gasteiger partial charge < -0.3 is 9.72 Å². The van der Waals surface area contributed by atoms with Gasteiger partial charge in [-0.3, -0.25) is 9.69 Å². The number of rotatable bonds is 8. The Kier molecular flexibility index (Phi) is 6.62. The molecular formula is C23H30N4OS. The van der Waals surface area contributed by atoms with Crippen LogP contribution in [0.3, 0.4) is 0 Å². The summed E-state index contributed by atoms with van der Waals surface area (Å²) < 4.78 is 2.21. The molecule has 0 aromatic carbocycles. The van der Waals surface area contributed by atoms with Crippen molar-refractivity contribution < 1.29 is 4.79 Å². The molecular weight excluding hydrogens is 380 g/mol. The topological polar surface area (TPSA) is 49.6 Å². The molecule has 154 valence electrons. The van der Waals surface area contributed by atoms with Crippen LogP contribution < -0.4 is 5.32 Å². The molecule has 0 spiro atoms. The summed E-state index contributed by atoms with van der Waals surface area (Å²) in [6, 6.07) is 10.4. The van der Waals surface area contributed by atoms with Crippen molar-refractivity contribution in [2.24, 2.45) is 5.92 Å². The molecule has 4 heterocycles. The number of carbonyl (C=O) groups excluding carboxylic acids is 1. The van der Waals surface area contributed by atoms with Crippen molar-refractivity contribution in [3.05, 3.63) is 47.6 Å². The number of pyridine rings is 1. The number of carbonyl (C=O) groups is 1. The van der Waals surface area contributed by atoms with Gasteiger partial charge in [0.15, 0.2) is 0 Å². The van der Waals surface area contributed by atoms with Crippen LogP contribution in [0.25, 0.3) is 16.2 Å². The van der Waals surface area contributed by atoms with Gasteiger partial charge in [-0.2, -0.15) is 0 Å². The van der Waals surface area contributed by atoms with Gasteiger partial charge in [-0.25, -0.2) is 4.98 Å². The van der Waals surface area contributed by atoms with Gasteiger partial charge in [0.05, 0.1) is 10.6 Å². The predicted molar refractivity (Wildman–Crippen MR) is 119 cm³/mol. The van der Waals surface area contributed by atoms with Crippen LogP contribution >= 0.6 is 11.3 Å². The highest BCUT2D eigenvalue weighted by Gasteiger charge is 2.26. The summed E-state index contributed by atoms with van der Waals surface area (Å²) in [5.74, 6) is 0.404. The van der Waals surface area contributed by atoms with Crippen LogP contribution in [0.4, 0.5) is 0 Å². The summed E-state index contributed by atoms with van der Waals surface area (Å²) in [5, 5.41) is 5.23. The lowest BCUT2D eigenvalue weighted by Crippen LogP contribution is -2.40. The number of hydrogen-bond donors (Lipinski definition) is 1. The third kappa shape index (κ3) is 4.70. The van der Waals surface area contributed by atoms with Crippen molar-refractivity contribution in [1.29, 1.82) is 0 Å². The van der Waals surface area contributed by atoms with Gasteiger partial charge in [0.1, 0.15) is 11.3 Å². The molecule has 1 saturated heterocycles. The Morgan fingerprint density at radius 2 is 2.07 bits per heavy atom. The molecule has 0 atom stereocenters. The zero-order valence-corrected chi connectivity index (χ0v) is 18.0. The van der Waals surface area contributed by atoms with Crippen LogP contribution in [0.1, 0.15) is 44.7 Å². The standard InChI is InChI=1S/C23H30N4OS/c1-2-3-5-12-24-23(28)18-10-14-26(15-11-18)17-19-22(20-8-7-16-29-20)25-21-9-4-6-13-27(19)21/h4,6-9,13,16,18H,2-3,5,10-12,14-15,17H2,1H3,(H,24,28). The zero-order valence-electron chi connectivity index (χ0n) is 17.1. The van der Waals surface area contributed by atoms with E-state index in [1.54, 1.807) is 11.3 Å². The summed E-state index contributed by atoms with van der Waals surface area (Å²) in [5.41, 5.74) is 3.32. The second kappa shape index (κ2) is 9.55. The third-order valence-electron chi connectivity index (χ3n) is 5.79. The minimum Gasteiger partial charge on any atom is -0.356 e. The number of nitrogens with one attached hydrogen (secondary N) is 1. The van der Waals surface area contributed by atoms with E-state index in [0.29, 0.717) is 0 Å². The van der Waals surface area contributed by atoms with Gasteiger partial charge in [0, 0.05) is 25.2 Å². The maximum atomic E-state index is 12.4. The lowest BCUT2D eigenvalue weighted by Gasteiger charge is -2.31. The summed E-state index contributed by atoms with van der Waals surface area (Å²) >= 11 is 1.74. The van der Waals surface area contributed by atoms with Crippen LogP contribution in [0.2, 0.25) is 0 Å². The van der Waals surface area contributed by atoms with Crippen LogP contribution in [-0.4, -0.2) is 39.8 Å². The minimum absolute atomic E-state index is 0.159. The quantitative estimate of drug-likeness (QED) is 0.553. The van der Waals surface area contributed by atoms with Crippen molar-refractivity contribution in [2.45, 2.75) is 45.6 Å². The van der Waals surface area contributed by atoms with E-state index in [1.807, 2.05) is 6.07 Å². The van der Waals surface area contributed by atoms with Crippen molar-refractivity contribution in [2.75, 3.05) is 19.6 Å². The maximum absolute atomic E-state index is 12.4. The number of imidazole rings is 1. The van der Waals surface area contributed by atoms with E-state index >= 15 is 0 Å². The van der Waals surface area contributed by atoms with Crippen molar-refractivity contribution in [3.8, 4) is 10.6 Å². The molecule has 1 N–H and O–H groups in total. The number of thiophene rings is 1. The highest BCUT2D eigenvalue weighted by Crippen LogP contribution is 2.30. The molecule has 1 amide bonds. The smallest absolute Gasteiger partial charge is 0.223 e. The SMILES string of the molecule is CCCCCNC(=O)C1CCN(Cc2c(-c3cccs3)nc3ccccn23)CC1. The maximum Gasteiger partial charge on any atom is 0.223 e. The van der Waals surface area contributed by atoms with E-state index in [-0.39, 0.29) is 11.8 Å². The van der Waals surface area contributed by atoms with Crippen LogP contribution in [0.15, 0.2) is 41.9 Å². The number of aromatic nitrogens is 2. The van der Waals surface area contributed by atoms with E-state index in [4.69, 9.17) is 4.98 Å². The Morgan fingerprint density at radius 3 is 2.83 bits per heavy atom. The summed E-state index contributed by atoms with van der Waals surface area (Å²) in [4.78, 5) is 21.0. The average Bonchev–Trinajstić information content (AvgIpc) is 3.40. The summed E-state index contributed by atoms with van der Waals surface area (Å²) in [7, 11) is 0. The van der Waals surface area contributed by atoms with Crippen molar-refractivity contribution in [1.82, 2.24) is 19.6 Å². The summed E-state index contributed by atoms with van der Waals surface area (Å²) in [6.45, 7) is 5.78. The van der Waals surface area contributed by atoms with Crippen molar-refractivity contribution >= 4 is 22.9 Å². The van der Waals surface area contributed by atoms with E-state index < -0.39 is 0 Å². The van der Waals surface area contributed by atoms with Gasteiger partial charge in [-0.1, -0.05) is 31.9 Å². The highest BCUT2D eigenvalue weighted by molar-refractivity contribution is 7.13. The second-order valence-corrected chi connectivity index (χ2v) is 8.81. The second-order valence-electron chi connectivity index (χ2n) is 7.86. The minimum atomic E-state index is 0.159. The molecule has 1 aliphatic heterocycles. The third-order valence-corrected chi connectivity index (χ3v) is 6.67.